The van der Waals surface area contributed by atoms with Crippen LogP contribution in [0.5, 0.6) is 0 Å². The maximum Gasteiger partial charge on any atom is 0.227 e. The highest BCUT2D eigenvalue weighted by atomic mass is 79.9. The highest BCUT2D eigenvalue weighted by Gasteiger charge is 2.30. The summed E-state index contributed by atoms with van der Waals surface area (Å²) in [7, 11) is 0. The van der Waals surface area contributed by atoms with Crippen molar-refractivity contribution < 1.29 is 4.79 Å². The van der Waals surface area contributed by atoms with Gasteiger partial charge < -0.3 is 11.1 Å². The molecule has 0 saturated carbocycles. The Labute approximate surface area is 117 Å². The van der Waals surface area contributed by atoms with Crippen molar-refractivity contribution in [2.45, 2.75) is 33.2 Å². The molecule has 4 heteroatoms. The molecule has 0 heterocycles. The van der Waals surface area contributed by atoms with Crippen molar-refractivity contribution in [1.82, 2.24) is 5.32 Å². The molecule has 0 aliphatic heterocycles. The van der Waals surface area contributed by atoms with Gasteiger partial charge in [0.1, 0.15) is 0 Å². The Balaban J connectivity index is 2.73. The molecule has 1 aromatic carbocycles. The number of hydrogen-bond donors (Lipinski definition) is 2. The zero-order valence-electron chi connectivity index (χ0n) is 11.2. The Morgan fingerprint density at radius 2 is 2.00 bits per heavy atom. The number of nitrogens with two attached hydrogens (primary N) is 1. The molecule has 3 nitrogen and oxygen atoms in total. The summed E-state index contributed by atoms with van der Waals surface area (Å²) in [6.07, 6.45) is 0.738. The molecule has 1 amide bonds. The summed E-state index contributed by atoms with van der Waals surface area (Å²) >= 11 is 3.40. The lowest BCUT2D eigenvalue weighted by molar-refractivity contribution is -0.130. The Kier molecular flexibility index (Phi) is 5.35. The fourth-order valence-corrected chi connectivity index (χ4v) is 1.87. The standard InChI is InChI=1S/C14H21BrN2O/c1-4-14(3,9-16)13(18)17-10(2)11-5-7-12(15)8-6-11/h5-8,10H,4,9,16H2,1-3H3,(H,17,18)/t10-,14?/m0/s1. The molecule has 0 aromatic heterocycles. The normalized spacial score (nSPS) is 15.8. The Bertz CT molecular complexity index is 399. The lowest BCUT2D eigenvalue weighted by Crippen LogP contribution is -2.44. The van der Waals surface area contributed by atoms with Gasteiger partial charge in [0.15, 0.2) is 0 Å². The summed E-state index contributed by atoms with van der Waals surface area (Å²) < 4.78 is 1.03. The van der Waals surface area contributed by atoms with E-state index >= 15 is 0 Å². The summed E-state index contributed by atoms with van der Waals surface area (Å²) in [5, 5.41) is 3.02. The van der Waals surface area contributed by atoms with Crippen molar-refractivity contribution in [3.8, 4) is 0 Å². The summed E-state index contributed by atoms with van der Waals surface area (Å²) in [4.78, 5) is 12.2. The molecule has 18 heavy (non-hydrogen) atoms. The minimum atomic E-state index is -0.483. The third-order valence-corrected chi connectivity index (χ3v) is 4.03. The second kappa shape index (κ2) is 6.34. The van der Waals surface area contributed by atoms with Gasteiger partial charge in [0.05, 0.1) is 11.5 Å². The van der Waals surface area contributed by atoms with Gasteiger partial charge in [-0.1, -0.05) is 35.0 Å². The van der Waals surface area contributed by atoms with Crippen molar-refractivity contribution in [3.63, 3.8) is 0 Å². The first-order chi connectivity index (χ1) is 8.42. The van der Waals surface area contributed by atoms with Gasteiger partial charge in [-0.2, -0.15) is 0 Å². The molecule has 2 atom stereocenters. The zero-order valence-corrected chi connectivity index (χ0v) is 12.8. The highest BCUT2D eigenvalue weighted by molar-refractivity contribution is 9.10. The summed E-state index contributed by atoms with van der Waals surface area (Å²) in [5.74, 6) is 0.0166. The van der Waals surface area contributed by atoms with E-state index in [-0.39, 0.29) is 11.9 Å². The number of rotatable bonds is 5. The number of benzene rings is 1. The van der Waals surface area contributed by atoms with Crippen LogP contribution >= 0.6 is 15.9 Å². The third-order valence-electron chi connectivity index (χ3n) is 3.50. The molecule has 0 spiro atoms. The molecule has 0 aliphatic carbocycles. The van der Waals surface area contributed by atoms with Crippen LogP contribution in [0.3, 0.4) is 0 Å². The lowest BCUT2D eigenvalue weighted by Gasteiger charge is -2.27. The van der Waals surface area contributed by atoms with Crippen molar-refractivity contribution in [3.05, 3.63) is 34.3 Å². The summed E-state index contributed by atoms with van der Waals surface area (Å²) in [6, 6.07) is 7.93. The summed E-state index contributed by atoms with van der Waals surface area (Å²) in [5.41, 5.74) is 6.29. The lowest BCUT2D eigenvalue weighted by atomic mass is 9.86. The molecule has 1 aromatic rings. The van der Waals surface area contributed by atoms with Gasteiger partial charge in [0, 0.05) is 11.0 Å². The van der Waals surface area contributed by atoms with Crippen molar-refractivity contribution in [2.75, 3.05) is 6.54 Å². The maximum atomic E-state index is 12.2. The molecule has 0 fully saturated rings. The molecular weight excluding hydrogens is 292 g/mol. The van der Waals surface area contributed by atoms with Crippen LogP contribution < -0.4 is 11.1 Å². The Hall–Kier alpha value is -0.870. The van der Waals surface area contributed by atoms with E-state index in [1.165, 1.54) is 0 Å². The van der Waals surface area contributed by atoms with Gasteiger partial charge in [-0.15, -0.1) is 0 Å². The van der Waals surface area contributed by atoms with E-state index in [9.17, 15) is 4.79 Å². The molecule has 1 unspecified atom stereocenters. The maximum absolute atomic E-state index is 12.2. The first-order valence-corrected chi connectivity index (χ1v) is 6.98. The van der Waals surface area contributed by atoms with Crippen LogP contribution in [-0.2, 0) is 4.79 Å². The largest absolute Gasteiger partial charge is 0.349 e. The van der Waals surface area contributed by atoms with Crippen LogP contribution in [0.1, 0.15) is 38.8 Å². The van der Waals surface area contributed by atoms with E-state index in [0.29, 0.717) is 6.54 Å². The van der Waals surface area contributed by atoms with Gasteiger partial charge in [-0.3, -0.25) is 4.79 Å². The van der Waals surface area contributed by atoms with Crippen molar-refractivity contribution >= 4 is 21.8 Å². The molecule has 1 rings (SSSR count). The number of carbonyl (C=O) groups is 1. The quantitative estimate of drug-likeness (QED) is 0.878. The smallest absolute Gasteiger partial charge is 0.227 e. The SMILES string of the molecule is CCC(C)(CN)C(=O)N[C@@H](C)c1ccc(Br)cc1. The number of nitrogens with one attached hydrogen (secondary N) is 1. The van der Waals surface area contributed by atoms with Gasteiger partial charge in [-0.25, -0.2) is 0 Å². The van der Waals surface area contributed by atoms with Crippen LogP contribution in [0.25, 0.3) is 0 Å². The van der Waals surface area contributed by atoms with E-state index in [1.54, 1.807) is 0 Å². The molecular formula is C14H21BrN2O. The monoisotopic (exact) mass is 312 g/mol. The topological polar surface area (TPSA) is 55.1 Å². The third kappa shape index (κ3) is 3.56. The average Bonchev–Trinajstić information content (AvgIpc) is 2.38. The molecule has 100 valence electrons. The predicted molar refractivity (Wildman–Crippen MR) is 78.2 cm³/mol. The zero-order chi connectivity index (χ0) is 13.8. The number of hydrogen-bond acceptors (Lipinski definition) is 2. The van der Waals surface area contributed by atoms with Gasteiger partial charge >= 0.3 is 0 Å². The molecule has 0 saturated heterocycles. The minimum Gasteiger partial charge on any atom is -0.349 e. The van der Waals surface area contributed by atoms with Crippen LogP contribution in [0.4, 0.5) is 0 Å². The fraction of sp³-hybridized carbons (Fsp3) is 0.500. The van der Waals surface area contributed by atoms with Gasteiger partial charge in [0.25, 0.3) is 0 Å². The number of halogens is 1. The number of carbonyl (C=O) groups excluding carboxylic acids is 1. The Morgan fingerprint density at radius 3 is 2.44 bits per heavy atom. The van der Waals surface area contributed by atoms with Gasteiger partial charge in [0.2, 0.25) is 5.91 Å². The van der Waals surface area contributed by atoms with E-state index in [1.807, 2.05) is 45.0 Å². The Morgan fingerprint density at radius 1 is 1.44 bits per heavy atom. The first-order valence-electron chi connectivity index (χ1n) is 6.19. The molecule has 0 bridgehead atoms. The van der Waals surface area contributed by atoms with Crippen LogP contribution in [0, 0.1) is 5.41 Å². The van der Waals surface area contributed by atoms with Crippen LogP contribution in [-0.4, -0.2) is 12.5 Å². The van der Waals surface area contributed by atoms with Crippen LogP contribution in [0.15, 0.2) is 28.7 Å². The molecule has 0 aliphatic rings. The number of amides is 1. The highest BCUT2D eigenvalue weighted by Crippen LogP contribution is 2.22. The fourth-order valence-electron chi connectivity index (χ4n) is 1.60. The molecule has 3 N–H and O–H groups in total. The van der Waals surface area contributed by atoms with Crippen molar-refractivity contribution in [1.29, 1.82) is 0 Å². The van der Waals surface area contributed by atoms with E-state index in [2.05, 4.69) is 21.2 Å². The molecule has 0 radical (unpaired) electrons. The van der Waals surface area contributed by atoms with E-state index < -0.39 is 5.41 Å². The van der Waals surface area contributed by atoms with Crippen molar-refractivity contribution in [2.24, 2.45) is 11.1 Å². The first kappa shape index (κ1) is 15.2. The predicted octanol–water partition coefficient (Wildman–Crippen LogP) is 3.00. The van der Waals surface area contributed by atoms with Crippen LogP contribution in [0.2, 0.25) is 0 Å². The van der Waals surface area contributed by atoms with E-state index in [0.717, 1.165) is 16.5 Å². The van der Waals surface area contributed by atoms with E-state index in [4.69, 9.17) is 5.73 Å². The van der Waals surface area contributed by atoms with Gasteiger partial charge in [-0.05, 0) is 38.0 Å². The second-order valence-corrected chi connectivity index (χ2v) is 5.78. The minimum absolute atomic E-state index is 0.0111. The average molecular weight is 313 g/mol. The second-order valence-electron chi connectivity index (χ2n) is 4.87. The summed E-state index contributed by atoms with van der Waals surface area (Å²) in [6.45, 7) is 6.23.